The first kappa shape index (κ1) is 13.5. The van der Waals surface area contributed by atoms with Crippen LogP contribution in [0.25, 0.3) is 0 Å². The maximum absolute atomic E-state index is 5.50. The first-order chi connectivity index (χ1) is 7.76. The summed E-state index contributed by atoms with van der Waals surface area (Å²) < 4.78 is 5.18. The largest absolute Gasteiger partial charge is 0.339 e. The second kappa shape index (κ2) is 7.68. The van der Waals surface area contributed by atoms with Crippen LogP contribution in [0.3, 0.4) is 0 Å². The highest BCUT2D eigenvalue weighted by molar-refractivity contribution is 7.98. The van der Waals surface area contributed by atoms with Crippen molar-refractivity contribution in [1.82, 2.24) is 10.1 Å². The standard InChI is InChI=1S/C11H21N3OS/c1-3-16-8-10-13-11(15-14-10)5-4-9(2)6-7-12/h9H,3-8,12H2,1-2H3. The van der Waals surface area contributed by atoms with Crippen molar-refractivity contribution in [1.29, 1.82) is 0 Å². The van der Waals surface area contributed by atoms with Crippen LogP contribution in [-0.2, 0) is 12.2 Å². The first-order valence-electron chi connectivity index (χ1n) is 5.85. The quantitative estimate of drug-likeness (QED) is 0.758. The zero-order valence-electron chi connectivity index (χ0n) is 10.1. The number of thioether (sulfide) groups is 1. The molecule has 0 bridgehead atoms. The zero-order chi connectivity index (χ0) is 11.8. The van der Waals surface area contributed by atoms with Gasteiger partial charge in [-0.05, 0) is 31.1 Å². The van der Waals surface area contributed by atoms with Gasteiger partial charge in [-0.25, -0.2) is 0 Å². The van der Waals surface area contributed by atoms with Crippen LogP contribution in [0.4, 0.5) is 0 Å². The van der Waals surface area contributed by atoms with Gasteiger partial charge in [-0.2, -0.15) is 16.7 Å². The van der Waals surface area contributed by atoms with Crippen LogP contribution in [0.2, 0.25) is 0 Å². The molecule has 1 aromatic heterocycles. The molecule has 5 heteroatoms. The summed E-state index contributed by atoms with van der Waals surface area (Å²) in [5.74, 6) is 4.13. The number of nitrogens with two attached hydrogens (primary N) is 1. The van der Waals surface area contributed by atoms with E-state index in [0.717, 1.165) is 49.0 Å². The van der Waals surface area contributed by atoms with Crippen LogP contribution in [-0.4, -0.2) is 22.4 Å². The van der Waals surface area contributed by atoms with Crippen LogP contribution in [0, 0.1) is 5.92 Å². The molecule has 1 unspecified atom stereocenters. The molecular weight excluding hydrogens is 222 g/mol. The van der Waals surface area contributed by atoms with Gasteiger partial charge in [0.25, 0.3) is 0 Å². The third-order valence-corrected chi connectivity index (χ3v) is 3.33. The predicted octanol–water partition coefficient (Wildman–Crippen LogP) is 2.24. The van der Waals surface area contributed by atoms with Crippen LogP contribution in [0.1, 0.15) is 38.4 Å². The van der Waals surface area contributed by atoms with Crippen molar-refractivity contribution >= 4 is 11.8 Å². The highest BCUT2D eigenvalue weighted by atomic mass is 32.2. The molecule has 16 heavy (non-hydrogen) atoms. The minimum Gasteiger partial charge on any atom is -0.339 e. The highest BCUT2D eigenvalue weighted by Crippen LogP contribution is 2.13. The van der Waals surface area contributed by atoms with Gasteiger partial charge in [-0.3, -0.25) is 0 Å². The van der Waals surface area contributed by atoms with E-state index in [4.69, 9.17) is 10.3 Å². The van der Waals surface area contributed by atoms with Crippen LogP contribution >= 0.6 is 11.8 Å². The van der Waals surface area contributed by atoms with Crippen molar-refractivity contribution in [2.45, 2.75) is 38.9 Å². The SMILES string of the molecule is CCSCc1noc(CCC(C)CCN)n1. The Kier molecular flexibility index (Phi) is 6.49. The molecule has 1 rings (SSSR count). The van der Waals surface area contributed by atoms with Crippen molar-refractivity contribution in [3.05, 3.63) is 11.7 Å². The number of aryl methyl sites for hydroxylation is 1. The molecule has 1 heterocycles. The molecule has 0 aliphatic carbocycles. The normalized spacial score (nSPS) is 12.9. The second-order valence-corrected chi connectivity index (χ2v) is 5.24. The van der Waals surface area contributed by atoms with E-state index in [0.29, 0.717) is 5.92 Å². The van der Waals surface area contributed by atoms with Gasteiger partial charge < -0.3 is 10.3 Å². The minimum atomic E-state index is 0.630. The summed E-state index contributed by atoms with van der Waals surface area (Å²) in [6.07, 6.45) is 3.00. The molecule has 0 radical (unpaired) electrons. The smallest absolute Gasteiger partial charge is 0.226 e. The maximum Gasteiger partial charge on any atom is 0.226 e. The minimum absolute atomic E-state index is 0.630. The van der Waals surface area contributed by atoms with Crippen LogP contribution in [0.5, 0.6) is 0 Å². The number of nitrogens with zero attached hydrogens (tertiary/aromatic N) is 2. The highest BCUT2D eigenvalue weighted by Gasteiger charge is 2.08. The number of hydrogen-bond acceptors (Lipinski definition) is 5. The van der Waals surface area contributed by atoms with Gasteiger partial charge in [0.2, 0.25) is 5.89 Å². The summed E-state index contributed by atoms with van der Waals surface area (Å²) >= 11 is 1.81. The third-order valence-electron chi connectivity index (χ3n) is 2.46. The molecule has 1 atom stereocenters. The van der Waals surface area contributed by atoms with Crippen molar-refractivity contribution in [3.8, 4) is 0 Å². The Morgan fingerprint density at radius 3 is 2.94 bits per heavy atom. The summed E-state index contributed by atoms with van der Waals surface area (Å²) in [5.41, 5.74) is 5.50. The lowest BCUT2D eigenvalue weighted by molar-refractivity contribution is 0.359. The summed E-state index contributed by atoms with van der Waals surface area (Å²) in [5, 5.41) is 3.95. The van der Waals surface area contributed by atoms with E-state index < -0.39 is 0 Å². The molecule has 92 valence electrons. The zero-order valence-corrected chi connectivity index (χ0v) is 10.9. The molecular formula is C11H21N3OS. The monoisotopic (exact) mass is 243 g/mol. The Balaban J connectivity index is 2.28. The third kappa shape index (κ3) is 4.99. The number of hydrogen-bond donors (Lipinski definition) is 1. The van der Waals surface area contributed by atoms with Gasteiger partial charge in [-0.15, -0.1) is 0 Å². The molecule has 0 saturated carbocycles. The van der Waals surface area contributed by atoms with E-state index in [1.807, 2.05) is 0 Å². The summed E-state index contributed by atoms with van der Waals surface area (Å²) in [4.78, 5) is 4.35. The molecule has 2 N–H and O–H groups in total. The van der Waals surface area contributed by atoms with Gasteiger partial charge in [0.05, 0.1) is 5.75 Å². The van der Waals surface area contributed by atoms with Crippen molar-refractivity contribution in [2.75, 3.05) is 12.3 Å². The van der Waals surface area contributed by atoms with E-state index in [-0.39, 0.29) is 0 Å². The maximum atomic E-state index is 5.50. The molecule has 0 fully saturated rings. The van der Waals surface area contributed by atoms with E-state index in [1.165, 1.54) is 0 Å². The lowest BCUT2D eigenvalue weighted by Gasteiger charge is -2.06. The summed E-state index contributed by atoms with van der Waals surface area (Å²) in [6.45, 7) is 5.08. The van der Waals surface area contributed by atoms with Crippen LogP contribution < -0.4 is 5.73 Å². The first-order valence-corrected chi connectivity index (χ1v) is 7.01. The average Bonchev–Trinajstić information content (AvgIpc) is 2.72. The lowest BCUT2D eigenvalue weighted by atomic mass is 10.0. The second-order valence-electron chi connectivity index (χ2n) is 3.96. The summed E-state index contributed by atoms with van der Waals surface area (Å²) in [6, 6.07) is 0. The molecule has 0 saturated heterocycles. The molecule has 1 aromatic rings. The summed E-state index contributed by atoms with van der Waals surface area (Å²) in [7, 11) is 0. The topological polar surface area (TPSA) is 64.9 Å². The van der Waals surface area contributed by atoms with Gasteiger partial charge in [0.1, 0.15) is 0 Å². The fourth-order valence-corrected chi connectivity index (χ4v) is 1.95. The van der Waals surface area contributed by atoms with E-state index in [2.05, 4.69) is 24.0 Å². The Labute approximate surface area is 101 Å². The fraction of sp³-hybridized carbons (Fsp3) is 0.818. The fourth-order valence-electron chi connectivity index (χ4n) is 1.44. The Bertz CT molecular complexity index is 291. The van der Waals surface area contributed by atoms with E-state index in [1.54, 1.807) is 11.8 Å². The molecule has 4 nitrogen and oxygen atoms in total. The molecule has 0 aliphatic rings. The van der Waals surface area contributed by atoms with Crippen molar-refractivity contribution in [3.63, 3.8) is 0 Å². The van der Waals surface area contributed by atoms with Gasteiger partial charge in [-0.1, -0.05) is 19.0 Å². The average molecular weight is 243 g/mol. The number of aromatic nitrogens is 2. The molecule has 0 aliphatic heterocycles. The Morgan fingerprint density at radius 1 is 1.44 bits per heavy atom. The van der Waals surface area contributed by atoms with E-state index in [9.17, 15) is 0 Å². The molecule has 0 amide bonds. The van der Waals surface area contributed by atoms with Gasteiger partial charge >= 0.3 is 0 Å². The van der Waals surface area contributed by atoms with Gasteiger partial charge in [0, 0.05) is 6.42 Å². The molecule has 0 spiro atoms. The number of rotatable bonds is 8. The Morgan fingerprint density at radius 2 is 2.25 bits per heavy atom. The molecule has 0 aromatic carbocycles. The Hall–Kier alpha value is -0.550. The van der Waals surface area contributed by atoms with E-state index >= 15 is 0 Å². The predicted molar refractivity (Wildman–Crippen MR) is 67.3 cm³/mol. The lowest BCUT2D eigenvalue weighted by Crippen LogP contribution is -2.06. The van der Waals surface area contributed by atoms with Gasteiger partial charge in [0.15, 0.2) is 5.82 Å². The van der Waals surface area contributed by atoms with Crippen molar-refractivity contribution in [2.24, 2.45) is 11.7 Å². The van der Waals surface area contributed by atoms with Crippen molar-refractivity contribution < 1.29 is 4.52 Å². The van der Waals surface area contributed by atoms with Crippen LogP contribution in [0.15, 0.2) is 4.52 Å².